The summed E-state index contributed by atoms with van der Waals surface area (Å²) in [5.74, 6) is -0.634. The number of ether oxygens (including phenoxy) is 1. The van der Waals surface area contributed by atoms with Gasteiger partial charge in [-0.05, 0) is 20.8 Å². The lowest BCUT2D eigenvalue weighted by atomic mass is 9.89. The van der Waals surface area contributed by atoms with Gasteiger partial charge in [0.25, 0.3) is 0 Å². The maximum atomic E-state index is 13.4. The molecular weight excluding hydrogens is 370 g/mol. The highest BCUT2D eigenvalue weighted by atomic mass is 16.5. The maximum Gasteiger partial charge on any atom is 0.241 e. The Hall–Kier alpha value is -2.51. The average molecular weight is 399 g/mol. The van der Waals surface area contributed by atoms with Crippen molar-refractivity contribution in [1.29, 1.82) is 0 Å². The lowest BCUT2D eigenvalue weighted by molar-refractivity contribution is -0.131. The number of carbonyl (C=O) groups is 3. The summed E-state index contributed by atoms with van der Waals surface area (Å²) in [4.78, 5) is 45.3. The Balaban J connectivity index is 2.04. The zero-order valence-electron chi connectivity index (χ0n) is 17.4. The molecule has 0 radical (unpaired) electrons. The van der Waals surface area contributed by atoms with E-state index in [0.29, 0.717) is 62.8 Å². The molecule has 1 heterocycles. The van der Waals surface area contributed by atoms with Crippen molar-refractivity contribution in [3.8, 4) is 0 Å². The van der Waals surface area contributed by atoms with Gasteiger partial charge in [-0.1, -0.05) is 24.3 Å². The smallest absolute Gasteiger partial charge is 0.241 e. The van der Waals surface area contributed by atoms with Crippen molar-refractivity contribution >= 4 is 17.5 Å². The molecule has 1 aliphatic heterocycles. The van der Waals surface area contributed by atoms with E-state index < -0.39 is 0 Å². The van der Waals surface area contributed by atoms with Crippen LogP contribution < -0.4 is 0 Å². The zero-order chi connectivity index (χ0) is 21.0. The number of carbonyl (C=O) groups excluding carboxylic acids is 3. The Labute approximate surface area is 171 Å². The predicted molar refractivity (Wildman–Crippen MR) is 110 cm³/mol. The van der Waals surface area contributed by atoms with Crippen LogP contribution in [0.5, 0.6) is 0 Å². The molecule has 156 valence electrons. The number of hydrogen-bond donors (Lipinski definition) is 0. The van der Waals surface area contributed by atoms with Crippen LogP contribution in [0.4, 0.5) is 0 Å². The molecule has 0 unspecified atom stereocenters. The number of rotatable bonds is 7. The van der Waals surface area contributed by atoms with Crippen molar-refractivity contribution in [2.45, 2.75) is 20.8 Å². The Kier molecular flexibility index (Phi) is 6.82. The topological polar surface area (TPSA) is 70.2 Å². The van der Waals surface area contributed by atoms with E-state index in [4.69, 9.17) is 4.74 Å². The second kappa shape index (κ2) is 9.33. The van der Waals surface area contributed by atoms with Crippen LogP contribution in [0.2, 0.25) is 0 Å². The van der Waals surface area contributed by atoms with Gasteiger partial charge in [0.05, 0.1) is 19.8 Å². The number of nitrogens with zero attached hydrogens (tertiary/aromatic N) is 3. The normalized spacial score (nSPS) is 17.3. The molecule has 3 rings (SSSR count). The number of allylic oxidation sites excluding steroid dienone is 2. The first-order chi connectivity index (χ1) is 14.0. The Morgan fingerprint density at radius 1 is 0.931 bits per heavy atom. The average Bonchev–Trinajstić information content (AvgIpc) is 2.75. The minimum absolute atomic E-state index is 0.172. The summed E-state index contributed by atoms with van der Waals surface area (Å²) in [5.41, 5.74) is 1.30. The number of amides is 1. The van der Waals surface area contributed by atoms with Crippen LogP contribution in [-0.4, -0.2) is 84.7 Å². The zero-order valence-corrected chi connectivity index (χ0v) is 17.4. The lowest BCUT2D eigenvalue weighted by Gasteiger charge is -2.35. The van der Waals surface area contributed by atoms with Gasteiger partial charge in [-0.2, -0.15) is 0 Å². The number of fused-ring (bicyclic) bond motifs is 1. The quantitative estimate of drug-likeness (QED) is 0.696. The largest absolute Gasteiger partial charge is 0.379 e. The van der Waals surface area contributed by atoms with Gasteiger partial charge in [0, 0.05) is 43.9 Å². The fraction of sp³-hybridized carbons (Fsp3) is 0.500. The third-order valence-electron chi connectivity index (χ3n) is 5.50. The van der Waals surface area contributed by atoms with Crippen molar-refractivity contribution in [3.05, 3.63) is 46.8 Å². The lowest BCUT2D eigenvalue weighted by Crippen LogP contribution is -2.47. The van der Waals surface area contributed by atoms with E-state index in [1.54, 1.807) is 24.3 Å². The third kappa shape index (κ3) is 4.11. The number of hydrogen-bond acceptors (Lipinski definition) is 6. The minimum atomic E-state index is -0.265. The Bertz CT molecular complexity index is 823. The maximum absolute atomic E-state index is 13.4. The molecule has 1 fully saturated rings. The summed E-state index contributed by atoms with van der Waals surface area (Å²) in [6.07, 6.45) is 0. The first-order valence-corrected chi connectivity index (χ1v) is 10.3. The highest BCUT2D eigenvalue weighted by molar-refractivity contribution is 6.27. The van der Waals surface area contributed by atoms with Crippen LogP contribution in [0.15, 0.2) is 35.7 Å². The van der Waals surface area contributed by atoms with Crippen molar-refractivity contribution < 1.29 is 19.1 Å². The summed E-state index contributed by atoms with van der Waals surface area (Å²) in [6, 6.07) is 6.85. The number of benzene rings is 1. The van der Waals surface area contributed by atoms with Gasteiger partial charge >= 0.3 is 0 Å². The van der Waals surface area contributed by atoms with E-state index in [1.807, 2.05) is 30.6 Å². The molecule has 1 aromatic rings. The van der Waals surface area contributed by atoms with Crippen LogP contribution in [-0.2, 0) is 9.53 Å². The van der Waals surface area contributed by atoms with Gasteiger partial charge in [0.2, 0.25) is 17.5 Å². The Morgan fingerprint density at radius 3 is 2.00 bits per heavy atom. The minimum Gasteiger partial charge on any atom is -0.379 e. The molecule has 0 saturated carbocycles. The fourth-order valence-electron chi connectivity index (χ4n) is 3.93. The predicted octanol–water partition coefficient (Wildman–Crippen LogP) is 1.80. The summed E-state index contributed by atoms with van der Waals surface area (Å²) < 4.78 is 5.35. The molecule has 7 nitrogen and oxygen atoms in total. The summed E-state index contributed by atoms with van der Waals surface area (Å²) in [5, 5.41) is 0. The van der Waals surface area contributed by atoms with Crippen molar-refractivity contribution in [2.75, 3.05) is 52.5 Å². The molecule has 7 heteroatoms. The monoisotopic (exact) mass is 399 g/mol. The first-order valence-electron chi connectivity index (χ1n) is 10.3. The summed E-state index contributed by atoms with van der Waals surface area (Å²) in [6.45, 7) is 9.95. The van der Waals surface area contributed by atoms with E-state index in [9.17, 15) is 14.4 Å². The molecule has 0 N–H and O–H groups in total. The van der Waals surface area contributed by atoms with Gasteiger partial charge in [-0.3, -0.25) is 19.3 Å². The number of morpholine rings is 1. The number of likely N-dealkylation sites (N-methyl/N-ethyl adjacent to an activating group) is 2. The van der Waals surface area contributed by atoms with E-state index in [1.165, 1.54) is 4.90 Å². The van der Waals surface area contributed by atoms with E-state index in [-0.39, 0.29) is 29.7 Å². The fourth-order valence-corrected chi connectivity index (χ4v) is 3.93. The van der Waals surface area contributed by atoms with Gasteiger partial charge in [0.15, 0.2) is 0 Å². The molecule has 0 aromatic heterocycles. The third-order valence-corrected chi connectivity index (χ3v) is 5.50. The molecule has 1 aromatic carbocycles. The Morgan fingerprint density at radius 2 is 1.48 bits per heavy atom. The second-order valence-corrected chi connectivity index (χ2v) is 7.10. The van der Waals surface area contributed by atoms with E-state index >= 15 is 0 Å². The van der Waals surface area contributed by atoms with Gasteiger partial charge < -0.3 is 14.5 Å². The molecule has 1 amide bonds. The van der Waals surface area contributed by atoms with Crippen LogP contribution in [0.3, 0.4) is 0 Å². The highest BCUT2D eigenvalue weighted by Gasteiger charge is 2.38. The first kappa shape index (κ1) is 21.2. The van der Waals surface area contributed by atoms with Crippen molar-refractivity contribution in [2.24, 2.45) is 0 Å². The molecule has 2 aliphatic rings. The molecule has 29 heavy (non-hydrogen) atoms. The van der Waals surface area contributed by atoms with Crippen molar-refractivity contribution in [1.82, 2.24) is 14.7 Å². The number of Topliss-reactive ketones (excluding diaryl/α,β-unsaturated/α-hetero) is 2. The van der Waals surface area contributed by atoms with E-state index in [0.717, 1.165) is 0 Å². The SMILES string of the molecule is CCN(CC)C1=C(N(CC)C(=O)CN2CCOCC2)C(=O)c2ccccc2C1=O. The summed E-state index contributed by atoms with van der Waals surface area (Å²) in [7, 11) is 0. The van der Waals surface area contributed by atoms with E-state index in [2.05, 4.69) is 0 Å². The van der Waals surface area contributed by atoms with Crippen molar-refractivity contribution in [3.63, 3.8) is 0 Å². The van der Waals surface area contributed by atoms with Gasteiger partial charge in [-0.25, -0.2) is 0 Å². The van der Waals surface area contributed by atoms with Gasteiger partial charge in [0.1, 0.15) is 11.4 Å². The van der Waals surface area contributed by atoms with Gasteiger partial charge in [-0.15, -0.1) is 0 Å². The standard InChI is InChI=1S/C22H29N3O4/c1-4-24(5-2)19-20(22(28)17-10-8-7-9-16(17)21(19)27)25(6-3)18(26)15-23-11-13-29-14-12-23/h7-10H,4-6,11-15H2,1-3H3. The van der Waals surface area contributed by atoms with Crippen LogP contribution in [0, 0.1) is 0 Å². The van der Waals surface area contributed by atoms with Crippen LogP contribution in [0.25, 0.3) is 0 Å². The molecule has 0 bridgehead atoms. The molecule has 1 aliphatic carbocycles. The summed E-state index contributed by atoms with van der Waals surface area (Å²) >= 11 is 0. The highest BCUT2D eigenvalue weighted by Crippen LogP contribution is 2.30. The molecule has 0 atom stereocenters. The number of ketones is 2. The van der Waals surface area contributed by atoms with Crippen LogP contribution in [0.1, 0.15) is 41.5 Å². The second-order valence-electron chi connectivity index (χ2n) is 7.10. The molecular formula is C22H29N3O4. The molecule has 0 spiro atoms. The van der Waals surface area contributed by atoms with Crippen LogP contribution >= 0.6 is 0 Å². The molecule has 1 saturated heterocycles.